The Kier molecular flexibility index (Phi) is 6.67. The van der Waals surface area contributed by atoms with Crippen LogP contribution in [0.25, 0.3) is 0 Å². The number of hydrogen-bond donors (Lipinski definition) is 1. The second kappa shape index (κ2) is 9.31. The van der Waals surface area contributed by atoms with Gasteiger partial charge in [-0.25, -0.2) is 4.79 Å². The number of carbonyl (C=O) groups is 1. The van der Waals surface area contributed by atoms with Crippen molar-refractivity contribution in [3.8, 4) is 6.07 Å². The van der Waals surface area contributed by atoms with E-state index < -0.39 is 0 Å². The van der Waals surface area contributed by atoms with Crippen molar-refractivity contribution in [1.82, 2.24) is 9.80 Å². The summed E-state index contributed by atoms with van der Waals surface area (Å²) < 4.78 is 0. The van der Waals surface area contributed by atoms with Crippen molar-refractivity contribution in [1.29, 1.82) is 5.26 Å². The van der Waals surface area contributed by atoms with Crippen molar-refractivity contribution >= 4 is 34.9 Å². The molecule has 2 aromatic carbocycles. The molecule has 1 unspecified atom stereocenters. The van der Waals surface area contributed by atoms with E-state index in [0.29, 0.717) is 28.2 Å². The van der Waals surface area contributed by atoms with Gasteiger partial charge in [-0.05, 0) is 87.0 Å². The SMILES string of the molecule is CN(C)CCN(C(=O)Nc1cc(Cl)cc(Cl)c1)[C@@H]1CC[C@@]2(c3cccc(C#N)c3)CC2C1. The van der Waals surface area contributed by atoms with Crippen LogP contribution in [0, 0.1) is 17.2 Å². The molecule has 0 radical (unpaired) electrons. The number of carbonyl (C=O) groups excluding carboxylic acids is 1. The first-order chi connectivity index (χ1) is 15.3. The van der Waals surface area contributed by atoms with Crippen LogP contribution in [-0.4, -0.2) is 49.1 Å². The highest BCUT2D eigenvalue weighted by Gasteiger charge is 2.58. The predicted molar refractivity (Wildman–Crippen MR) is 129 cm³/mol. The number of nitrogens with one attached hydrogen (secondary N) is 1. The van der Waals surface area contributed by atoms with Crippen molar-refractivity contribution in [2.24, 2.45) is 5.92 Å². The number of likely N-dealkylation sites (N-methyl/N-ethyl adjacent to an activating group) is 1. The average Bonchev–Trinajstić information content (AvgIpc) is 3.48. The number of urea groups is 1. The smallest absolute Gasteiger partial charge is 0.320 e. The molecule has 5 nitrogen and oxygen atoms in total. The van der Waals surface area contributed by atoms with Crippen molar-refractivity contribution in [3.05, 3.63) is 63.6 Å². The molecule has 4 rings (SSSR count). The summed E-state index contributed by atoms with van der Waals surface area (Å²) in [7, 11) is 4.03. The molecule has 2 aliphatic rings. The Balaban J connectivity index is 1.48. The molecule has 3 atom stereocenters. The van der Waals surface area contributed by atoms with Gasteiger partial charge in [0.2, 0.25) is 0 Å². The Hall–Kier alpha value is -2.26. The molecular formula is C25H28Cl2N4O. The largest absolute Gasteiger partial charge is 0.322 e. The average molecular weight is 471 g/mol. The number of amides is 2. The van der Waals surface area contributed by atoms with E-state index in [9.17, 15) is 10.1 Å². The van der Waals surface area contributed by atoms with Crippen molar-refractivity contribution in [3.63, 3.8) is 0 Å². The first-order valence-electron chi connectivity index (χ1n) is 11.0. The summed E-state index contributed by atoms with van der Waals surface area (Å²) >= 11 is 12.2. The van der Waals surface area contributed by atoms with Crippen LogP contribution in [0.15, 0.2) is 42.5 Å². The van der Waals surface area contributed by atoms with Gasteiger partial charge in [-0.15, -0.1) is 0 Å². The zero-order valence-corrected chi connectivity index (χ0v) is 20.0. The maximum atomic E-state index is 13.3. The second-order valence-electron chi connectivity index (χ2n) is 9.26. The number of fused-ring (bicyclic) bond motifs is 1. The van der Waals surface area contributed by atoms with Crippen LogP contribution in [-0.2, 0) is 5.41 Å². The summed E-state index contributed by atoms with van der Waals surface area (Å²) in [6, 6.07) is 15.4. The molecule has 7 heteroatoms. The van der Waals surface area contributed by atoms with Crippen molar-refractivity contribution in [2.75, 3.05) is 32.5 Å². The molecule has 0 aliphatic heterocycles. The summed E-state index contributed by atoms with van der Waals surface area (Å²) in [5, 5.41) is 13.3. The molecular weight excluding hydrogens is 443 g/mol. The first-order valence-corrected chi connectivity index (χ1v) is 11.8. The van der Waals surface area contributed by atoms with Gasteiger partial charge >= 0.3 is 6.03 Å². The molecule has 0 aromatic heterocycles. The van der Waals surface area contributed by atoms with E-state index in [2.05, 4.69) is 22.4 Å². The number of anilines is 1. The van der Waals surface area contributed by atoms with Gasteiger partial charge in [0.25, 0.3) is 0 Å². The molecule has 0 heterocycles. The lowest BCUT2D eigenvalue weighted by Gasteiger charge is -2.37. The zero-order valence-electron chi connectivity index (χ0n) is 18.4. The van der Waals surface area contributed by atoms with Crippen LogP contribution < -0.4 is 5.32 Å². The van der Waals surface area contributed by atoms with Gasteiger partial charge < -0.3 is 15.1 Å². The fourth-order valence-electron chi connectivity index (χ4n) is 5.12. The highest BCUT2D eigenvalue weighted by atomic mass is 35.5. The lowest BCUT2D eigenvalue weighted by molar-refractivity contribution is 0.153. The van der Waals surface area contributed by atoms with E-state index >= 15 is 0 Å². The Morgan fingerprint density at radius 2 is 1.94 bits per heavy atom. The summed E-state index contributed by atoms with van der Waals surface area (Å²) in [6.07, 6.45) is 4.09. The molecule has 2 aromatic rings. The number of nitriles is 1. The Morgan fingerprint density at radius 3 is 2.59 bits per heavy atom. The molecule has 0 spiro atoms. The monoisotopic (exact) mass is 470 g/mol. The molecule has 1 N–H and O–H groups in total. The number of hydrogen-bond acceptors (Lipinski definition) is 3. The summed E-state index contributed by atoms with van der Waals surface area (Å²) in [6.45, 7) is 1.45. The first kappa shape index (κ1) is 22.9. The van der Waals surface area contributed by atoms with Crippen molar-refractivity contribution in [2.45, 2.75) is 37.1 Å². The summed E-state index contributed by atoms with van der Waals surface area (Å²) in [5.74, 6) is 0.547. The lowest BCUT2D eigenvalue weighted by Crippen LogP contribution is -2.47. The minimum atomic E-state index is -0.116. The van der Waals surface area contributed by atoms with Gasteiger partial charge in [0.05, 0.1) is 11.6 Å². The molecule has 2 aliphatic carbocycles. The van der Waals surface area contributed by atoms with Crippen LogP contribution in [0.3, 0.4) is 0 Å². The highest BCUT2D eigenvalue weighted by molar-refractivity contribution is 6.35. The van der Waals surface area contributed by atoms with Crippen molar-refractivity contribution < 1.29 is 4.79 Å². The fourth-order valence-corrected chi connectivity index (χ4v) is 5.65. The third kappa shape index (κ3) is 4.88. The van der Waals surface area contributed by atoms with Gasteiger partial charge in [-0.1, -0.05) is 35.3 Å². The molecule has 2 saturated carbocycles. The number of halogens is 2. The van der Waals surface area contributed by atoms with E-state index in [1.54, 1.807) is 18.2 Å². The maximum Gasteiger partial charge on any atom is 0.322 e. The maximum absolute atomic E-state index is 13.3. The lowest BCUT2D eigenvalue weighted by atomic mass is 9.80. The topological polar surface area (TPSA) is 59.4 Å². The minimum absolute atomic E-state index is 0.116. The van der Waals surface area contributed by atoms with Crippen LogP contribution >= 0.6 is 23.2 Å². The van der Waals surface area contributed by atoms with Gasteiger partial charge in [-0.3, -0.25) is 0 Å². The third-order valence-electron chi connectivity index (χ3n) is 6.88. The summed E-state index contributed by atoms with van der Waals surface area (Å²) in [4.78, 5) is 17.3. The third-order valence-corrected chi connectivity index (χ3v) is 7.32. The number of benzene rings is 2. The molecule has 2 fully saturated rings. The van der Waals surface area contributed by atoms with E-state index in [-0.39, 0.29) is 17.5 Å². The van der Waals surface area contributed by atoms with Crippen LogP contribution in [0.1, 0.15) is 36.8 Å². The van der Waals surface area contributed by atoms with E-state index in [1.165, 1.54) is 5.56 Å². The van der Waals surface area contributed by atoms with Crippen LogP contribution in [0.2, 0.25) is 10.0 Å². The minimum Gasteiger partial charge on any atom is -0.320 e. The molecule has 2 amide bonds. The van der Waals surface area contributed by atoms with Crippen LogP contribution in [0.5, 0.6) is 0 Å². The van der Waals surface area contributed by atoms with Gasteiger partial charge in [0.15, 0.2) is 0 Å². The highest BCUT2D eigenvalue weighted by Crippen LogP contribution is 2.62. The zero-order chi connectivity index (χ0) is 22.9. The Morgan fingerprint density at radius 1 is 1.19 bits per heavy atom. The number of rotatable bonds is 6. The quantitative estimate of drug-likeness (QED) is 0.582. The van der Waals surface area contributed by atoms with E-state index in [1.807, 2.05) is 37.2 Å². The summed E-state index contributed by atoms with van der Waals surface area (Å²) in [5.41, 5.74) is 2.77. The van der Waals surface area contributed by atoms with E-state index in [4.69, 9.17) is 23.2 Å². The molecule has 32 heavy (non-hydrogen) atoms. The predicted octanol–water partition coefficient (Wildman–Crippen LogP) is 5.77. The molecule has 0 bridgehead atoms. The molecule has 0 saturated heterocycles. The normalized spacial score (nSPS) is 23.9. The van der Waals surface area contributed by atoms with E-state index in [0.717, 1.165) is 37.8 Å². The number of nitrogens with zero attached hydrogens (tertiary/aromatic N) is 3. The Labute approximate surface area is 199 Å². The van der Waals surface area contributed by atoms with Gasteiger partial charge in [0.1, 0.15) is 0 Å². The van der Waals surface area contributed by atoms with Gasteiger partial charge in [-0.2, -0.15) is 5.26 Å². The fraction of sp³-hybridized carbons (Fsp3) is 0.440. The standard InChI is InChI=1S/C25H28Cl2N4O/c1-30(2)8-9-31(24(32)29-22-13-20(26)12-21(27)14-22)23-6-7-25(15-19(25)11-23)18-5-3-4-17(10-18)16-28/h3-5,10,12-14,19,23H,6-9,11,15H2,1-2H3,(H,29,32)/t19?,23-,25+/m1/s1. The van der Waals surface area contributed by atoms with Crippen LogP contribution in [0.4, 0.5) is 10.5 Å². The second-order valence-corrected chi connectivity index (χ2v) is 10.1. The molecule has 168 valence electrons. The Bertz CT molecular complexity index is 1030. The van der Waals surface area contributed by atoms with Gasteiger partial charge in [0, 0.05) is 34.9 Å².